The van der Waals surface area contributed by atoms with Gasteiger partial charge in [0.1, 0.15) is 0 Å². The van der Waals surface area contributed by atoms with Crippen molar-refractivity contribution >= 4 is 0 Å². The van der Waals surface area contributed by atoms with E-state index in [0.717, 1.165) is 31.9 Å². The molecule has 4 nitrogen and oxygen atoms in total. The number of hydrogen-bond acceptors (Lipinski definition) is 4. The van der Waals surface area contributed by atoms with Crippen molar-refractivity contribution in [1.82, 2.24) is 15.4 Å². The van der Waals surface area contributed by atoms with Crippen LogP contribution in [0.3, 0.4) is 0 Å². The van der Waals surface area contributed by atoms with Crippen LogP contribution in [0, 0.1) is 0 Å². The second-order valence-corrected chi connectivity index (χ2v) is 4.43. The molecular formula is C12H21N3O. The summed E-state index contributed by atoms with van der Waals surface area (Å²) < 4.78 is 5.19. The molecule has 1 fully saturated rings. The monoisotopic (exact) mass is 223 g/mol. The third-order valence-corrected chi connectivity index (χ3v) is 3.19. The first-order valence-electron chi connectivity index (χ1n) is 6.24. The maximum Gasteiger partial charge on any atom is 0.150 e. The topological polar surface area (TPSA) is 41.3 Å². The number of piperidine rings is 1. The number of hydrogen-bond donors (Lipinski definition) is 1. The van der Waals surface area contributed by atoms with Crippen LogP contribution in [0.25, 0.3) is 0 Å². The van der Waals surface area contributed by atoms with Crippen molar-refractivity contribution in [3.8, 4) is 0 Å². The van der Waals surface area contributed by atoms with Crippen LogP contribution in [0.5, 0.6) is 0 Å². The van der Waals surface area contributed by atoms with Gasteiger partial charge in [0.25, 0.3) is 0 Å². The van der Waals surface area contributed by atoms with Gasteiger partial charge in [-0.15, -0.1) is 0 Å². The summed E-state index contributed by atoms with van der Waals surface area (Å²) in [4.78, 5) is 2.53. The quantitative estimate of drug-likeness (QED) is 0.824. The highest BCUT2D eigenvalue weighted by Crippen LogP contribution is 2.15. The van der Waals surface area contributed by atoms with E-state index in [1.165, 1.54) is 19.3 Å². The van der Waals surface area contributed by atoms with Gasteiger partial charge >= 0.3 is 0 Å². The highest BCUT2D eigenvalue weighted by Gasteiger charge is 2.21. The zero-order chi connectivity index (χ0) is 11.2. The van der Waals surface area contributed by atoms with Gasteiger partial charge in [0.05, 0.1) is 12.7 Å². The normalized spacial score (nSPS) is 18.1. The Morgan fingerprint density at radius 1 is 1.50 bits per heavy atom. The van der Waals surface area contributed by atoms with E-state index in [4.69, 9.17) is 4.52 Å². The first-order valence-corrected chi connectivity index (χ1v) is 6.24. The second-order valence-electron chi connectivity index (χ2n) is 4.43. The van der Waals surface area contributed by atoms with E-state index in [2.05, 4.69) is 22.3 Å². The zero-order valence-electron chi connectivity index (χ0n) is 9.98. The third-order valence-electron chi connectivity index (χ3n) is 3.19. The predicted octanol–water partition coefficient (Wildman–Crippen LogP) is 1.64. The predicted molar refractivity (Wildman–Crippen MR) is 63.1 cm³/mol. The molecule has 1 aliphatic heterocycles. The van der Waals surface area contributed by atoms with Gasteiger partial charge < -0.3 is 9.84 Å². The molecule has 1 N–H and O–H groups in total. The van der Waals surface area contributed by atoms with E-state index in [9.17, 15) is 0 Å². The fourth-order valence-electron chi connectivity index (χ4n) is 2.37. The molecule has 4 heteroatoms. The minimum atomic E-state index is 0.700. The Bertz CT molecular complexity index is 280. The SMILES string of the molecule is CCCN(Cc1ccno1)C1CCNCC1. The molecule has 90 valence electrons. The molecular weight excluding hydrogens is 202 g/mol. The molecule has 2 heterocycles. The molecule has 1 aromatic heterocycles. The Morgan fingerprint density at radius 3 is 2.94 bits per heavy atom. The minimum absolute atomic E-state index is 0.700. The van der Waals surface area contributed by atoms with Crippen LogP contribution in [0.4, 0.5) is 0 Å². The van der Waals surface area contributed by atoms with Crippen molar-refractivity contribution in [3.63, 3.8) is 0 Å². The maximum atomic E-state index is 5.19. The summed E-state index contributed by atoms with van der Waals surface area (Å²) in [6.45, 7) is 6.56. The average molecular weight is 223 g/mol. The minimum Gasteiger partial charge on any atom is -0.360 e. The third kappa shape index (κ3) is 3.06. The van der Waals surface area contributed by atoms with Gasteiger partial charge in [-0.2, -0.15) is 0 Å². The Labute approximate surface area is 97.0 Å². The Hall–Kier alpha value is -0.870. The van der Waals surface area contributed by atoms with Gasteiger partial charge in [-0.1, -0.05) is 12.1 Å². The Morgan fingerprint density at radius 2 is 2.31 bits per heavy atom. The smallest absolute Gasteiger partial charge is 0.150 e. The second kappa shape index (κ2) is 6.01. The van der Waals surface area contributed by atoms with E-state index in [1.807, 2.05) is 6.07 Å². The van der Waals surface area contributed by atoms with Gasteiger partial charge in [0.2, 0.25) is 0 Å². The van der Waals surface area contributed by atoms with E-state index in [-0.39, 0.29) is 0 Å². The molecule has 16 heavy (non-hydrogen) atoms. The summed E-state index contributed by atoms with van der Waals surface area (Å²) in [6, 6.07) is 2.66. The van der Waals surface area contributed by atoms with Crippen LogP contribution in [0.15, 0.2) is 16.8 Å². The van der Waals surface area contributed by atoms with Gasteiger partial charge in [-0.3, -0.25) is 4.90 Å². The lowest BCUT2D eigenvalue weighted by atomic mass is 10.0. The van der Waals surface area contributed by atoms with Crippen molar-refractivity contribution in [1.29, 1.82) is 0 Å². The lowest BCUT2D eigenvalue weighted by Gasteiger charge is -2.33. The summed E-state index contributed by atoms with van der Waals surface area (Å²) in [6.07, 6.45) is 5.40. The number of nitrogens with one attached hydrogen (secondary N) is 1. The number of nitrogens with zero attached hydrogens (tertiary/aromatic N) is 2. The number of aromatic nitrogens is 1. The summed E-state index contributed by atoms with van der Waals surface area (Å²) >= 11 is 0. The number of rotatable bonds is 5. The molecule has 0 aromatic carbocycles. The van der Waals surface area contributed by atoms with Crippen LogP contribution in [-0.2, 0) is 6.54 Å². The molecule has 1 aliphatic rings. The summed E-state index contributed by atoms with van der Waals surface area (Å²) in [5.74, 6) is 0.979. The standard InChI is InChI=1S/C12H21N3O/c1-2-9-15(10-12-5-8-14-16-12)11-3-6-13-7-4-11/h5,8,11,13H,2-4,6-7,9-10H2,1H3. The highest BCUT2D eigenvalue weighted by atomic mass is 16.5. The first kappa shape index (κ1) is 11.6. The van der Waals surface area contributed by atoms with Crippen LogP contribution in [0.2, 0.25) is 0 Å². The molecule has 0 radical (unpaired) electrons. The summed E-state index contributed by atoms with van der Waals surface area (Å²) in [5, 5.41) is 7.17. The van der Waals surface area contributed by atoms with Crippen LogP contribution in [-0.4, -0.2) is 35.7 Å². The lowest BCUT2D eigenvalue weighted by Crippen LogP contribution is -2.43. The molecule has 1 aromatic rings. The summed E-state index contributed by atoms with van der Waals surface area (Å²) in [7, 11) is 0. The Kier molecular flexibility index (Phi) is 4.36. The van der Waals surface area contributed by atoms with Crippen LogP contribution >= 0.6 is 0 Å². The van der Waals surface area contributed by atoms with Gasteiger partial charge in [0.15, 0.2) is 5.76 Å². The molecule has 0 aliphatic carbocycles. The van der Waals surface area contributed by atoms with Crippen molar-refractivity contribution < 1.29 is 4.52 Å². The van der Waals surface area contributed by atoms with E-state index in [0.29, 0.717) is 6.04 Å². The van der Waals surface area contributed by atoms with Crippen molar-refractivity contribution in [2.75, 3.05) is 19.6 Å². The molecule has 0 atom stereocenters. The fourth-order valence-corrected chi connectivity index (χ4v) is 2.37. The van der Waals surface area contributed by atoms with Crippen molar-refractivity contribution in [3.05, 3.63) is 18.0 Å². The van der Waals surface area contributed by atoms with Gasteiger partial charge in [-0.25, -0.2) is 0 Å². The fraction of sp³-hybridized carbons (Fsp3) is 0.750. The molecule has 0 unspecified atom stereocenters. The van der Waals surface area contributed by atoms with Gasteiger partial charge in [-0.05, 0) is 38.9 Å². The largest absolute Gasteiger partial charge is 0.360 e. The highest BCUT2D eigenvalue weighted by molar-refractivity contribution is 4.94. The van der Waals surface area contributed by atoms with E-state index < -0.39 is 0 Å². The maximum absolute atomic E-state index is 5.19. The molecule has 0 amide bonds. The van der Waals surface area contributed by atoms with Crippen LogP contribution < -0.4 is 5.32 Å². The Balaban J connectivity index is 1.92. The average Bonchev–Trinajstić information content (AvgIpc) is 2.83. The van der Waals surface area contributed by atoms with Crippen molar-refractivity contribution in [2.45, 2.75) is 38.8 Å². The van der Waals surface area contributed by atoms with Crippen molar-refractivity contribution in [2.24, 2.45) is 0 Å². The lowest BCUT2D eigenvalue weighted by molar-refractivity contribution is 0.139. The zero-order valence-corrected chi connectivity index (χ0v) is 9.98. The van der Waals surface area contributed by atoms with Gasteiger partial charge in [0, 0.05) is 12.1 Å². The molecule has 1 saturated heterocycles. The summed E-state index contributed by atoms with van der Waals surface area (Å²) in [5.41, 5.74) is 0. The van der Waals surface area contributed by atoms with E-state index >= 15 is 0 Å². The molecule has 2 rings (SSSR count). The molecule has 0 bridgehead atoms. The molecule has 0 spiro atoms. The van der Waals surface area contributed by atoms with E-state index in [1.54, 1.807) is 6.20 Å². The van der Waals surface area contributed by atoms with Crippen LogP contribution in [0.1, 0.15) is 31.9 Å². The molecule has 0 saturated carbocycles. The first-order chi connectivity index (χ1) is 7.90.